The molecule has 0 aliphatic heterocycles. The van der Waals surface area contributed by atoms with E-state index in [0.29, 0.717) is 0 Å². The second-order valence-electron chi connectivity index (χ2n) is 5.70. The third-order valence-corrected chi connectivity index (χ3v) is 4.13. The summed E-state index contributed by atoms with van der Waals surface area (Å²) >= 11 is 0. The molecule has 0 aromatic heterocycles. The molecular weight excluding hydrogens is 182 g/mol. The van der Waals surface area contributed by atoms with Gasteiger partial charge in [-0.1, -0.05) is 27.7 Å². The van der Waals surface area contributed by atoms with Crippen LogP contribution in [0.4, 0.5) is 0 Å². The molecule has 90 valence electrons. The molecule has 1 aliphatic carbocycles. The lowest BCUT2D eigenvalue weighted by Crippen LogP contribution is -2.34. The van der Waals surface area contributed by atoms with Crippen LogP contribution in [-0.2, 0) is 0 Å². The zero-order valence-corrected chi connectivity index (χ0v) is 11.1. The highest BCUT2D eigenvalue weighted by atomic mass is 14.9. The van der Waals surface area contributed by atoms with Crippen molar-refractivity contribution in [3.8, 4) is 0 Å². The van der Waals surface area contributed by atoms with Gasteiger partial charge >= 0.3 is 0 Å². The first-order chi connectivity index (χ1) is 7.15. The largest absolute Gasteiger partial charge is 0.314 e. The van der Waals surface area contributed by atoms with Gasteiger partial charge in [-0.05, 0) is 56.4 Å². The third kappa shape index (κ3) is 4.14. The van der Waals surface area contributed by atoms with E-state index >= 15 is 0 Å². The molecule has 1 nitrogen and oxygen atoms in total. The maximum absolute atomic E-state index is 3.72. The van der Waals surface area contributed by atoms with Gasteiger partial charge in [0, 0.05) is 6.04 Å². The molecule has 0 saturated heterocycles. The van der Waals surface area contributed by atoms with Gasteiger partial charge in [0.1, 0.15) is 0 Å². The quantitative estimate of drug-likeness (QED) is 0.697. The zero-order chi connectivity index (χ0) is 11.3. The van der Waals surface area contributed by atoms with Gasteiger partial charge in [0.2, 0.25) is 0 Å². The van der Waals surface area contributed by atoms with Gasteiger partial charge < -0.3 is 5.32 Å². The standard InChI is InChI=1S/C14H29N/c1-5-10-15-14-9-8-13(11(2)3)7-6-12(14)4/h11-15H,5-10H2,1-4H3. The first-order valence-corrected chi connectivity index (χ1v) is 6.88. The van der Waals surface area contributed by atoms with Crippen molar-refractivity contribution in [3.05, 3.63) is 0 Å². The van der Waals surface area contributed by atoms with Crippen molar-refractivity contribution in [1.82, 2.24) is 5.32 Å². The molecule has 1 heteroatoms. The summed E-state index contributed by atoms with van der Waals surface area (Å²) in [6, 6.07) is 0.786. The fraction of sp³-hybridized carbons (Fsp3) is 1.00. The van der Waals surface area contributed by atoms with Gasteiger partial charge in [0.15, 0.2) is 0 Å². The van der Waals surface area contributed by atoms with E-state index in [1.165, 1.54) is 38.6 Å². The molecule has 1 fully saturated rings. The van der Waals surface area contributed by atoms with Gasteiger partial charge in [-0.15, -0.1) is 0 Å². The van der Waals surface area contributed by atoms with E-state index in [1.807, 2.05) is 0 Å². The minimum absolute atomic E-state index is 0.786. The van der Waals surface area contributed by atoms with Crippen molar-refractivity contribution in [3.63, 3.8) is 0 Å². The van der Waals surface area contributed by atoms with Gasteiger partial charge in [-0.3, -0.25) is 0 Å². The Morgan fingerprint density at radius 1 is 1.13 bits per heavy atom. The van der Waals surface area contributed by atoms with Crippen molar-refractivity contribution in [2.75, 3.05) is 6.54 Å². The van der Waals surface area contributed by atoms with Crippen LogP contribution in [0.1, 0.15) is 59.8 Å². The summed E-state index contributed by atoms with van der Waals surface area (Å²) in [7, 11) is 0. The Morgan fingerprint density at radius 2 is 1.80 bits per heavy atom. The molecule has 0 radical (unpaired) electrons. The molecule has 1 rings (SSSR count). The minimum atomic E-state index is 0.786. The molecule has 0 aromatic carbocycles. The SMILES string of the molecule is CCCNC1CCC(C(C)C)CCC1C. The Morgan fingerprint density at radius 3 is 2.40 bits per heavy atom. The summed E-state index contributed by atoms with van der Waals surface area (Å²) < 4.78 is 0. The summed E-state index contributed by atoms with van der Waals surface area (Å²) in [6.07, 6.45) is 6.96. The summed E-state index contributed by atoms with van der Waals surface area (Å²) in [6.45, 7) is 10.6. The number of rotatable bonds is 4. The van der Waals surface area contributed by atoms with Crippen molar-refractivity contribution >= 4 is 0 Å². The molecule has 0 bridgehead atoms. The molecule has 0 heterocycles. The molecule has 3 unspecified atom stereocenters. The lowest BCUT2D eigenvalue weighted by Gasteiger charge is -2.22. The van der Waals surface area contributed by atoms with Crippen LogP contribution in [0.3, 0.4) is 0 Å². The highest BCUT2D eigenvalue weighted by Crippen LogP contribution is 2.31. The van der Waals surface area contributed by atoms with Crippen molar-refractivity contribution in [2.45, 2.75) is 65.8 Å². The van der Waals surface area contributed by atoms with Crippen LogP contribution in [0.25, 0.3) is 0 Å². The van der Waals surface area contributed by atoms with Crippen LogP contribution in [0, 0.1) is 17.8 Å². The Hall–Kier alpha value is -0.0400. The Balaban J connectivity index is 2.40. The second-order valence-corrected chi connectivity index (χ2v) is 5.70. The van der Waals surface area contributed by atoms with Gasteiger partial charge in [-0.25, -0.2) is 0 Å². The molecule has 0 amide bonds. The third-order valence-electron chi connectivity index (χ3n) is 4.13. The molecular formula is C14H29N. The average Bonchev–Trinajstić information content (AvgIpc) is 2.38. The predicted molar refractivity (Wildman–Crippen MR) is 68.0 cm³/mol. The first-order valence-electron chi connectivity index (χ1n) is 6.88. The van der Waals surface area contributed by atoms with Crippen LogP contribution in [0.5, 0.6) is 0 Å². The lowest BCUT2D eigenvalue weighted by atomic mass is 9.89. The molecule has 1 aliphatic rings. The van der Waals surface area contributed by atoms with E-state index in [-0.39, 0.29) is 0 Å². The minimum Gasteiger partial charge on any atom is -0.314 e. The van der Waals surface area contributed by atoms with E-state index in [4.69, 9.17) is 0 Å². The normalized spacial score (nSPS) is 33.0. The Labute approximate surface area is 96.0 Å². The highest BCUT2D eigenvalue weighted by molar-refractivity contribution is 4.80. The van der Waals surface area contributed by atoms with Crippen LogP contribution < -0.4 is 5.32 Å². The maximum atomic E-state index is 3.72. The van der Waals surface area contributed by atoms with E-state index in [0.717, 1.165) is 23.8 Å². The molecule has 0 aromatic rings. The Kier molecular flexibility index (Phi) is 5.66. The zero-order valence-electron chi connectivity index (χ0n) is 11.1. The van der Waals surface area contributed by atoms with E-state index in [1.54, 1.807) is 0 Å². The highest BCUT2D eigenvalue weighted by Gasteiger charge is 2.25. The monoisotopic (exact) mass is 211 g/mol. The fourth-order valence-corrected chi connectivity index (χ4v) is 2.80. The van der Waals surface area contributed by atoms with Gasteiger partial charge in [0.05, 0.1) is 0 Å². The maximum Gasteiger partial charge on any atom is 0.00927 e. The number of hydrogen-bond acceptors (Lipinski definition) is 1. The smallest absolute Gasteiger partial charge is 0.00927 e. The molecule has 1 N–H and O–H groups in total. The second kappa shape index (κ2) is 6.52. The van der Waals surface area contributed by atoms with Gasteiger partial charge in [0.25, 0.3) is 0 Å². The van der Waals surface area contributed by atoms with Gasteiger partial charge in [-0.2, -0.15) is 0 Å². The van der Waals surface area contributed by atoms with Crippen LogP contribution >= 0.6 is 0 Å². The topological polar surface area (TPSA) is 12.0 Å². The van der Waals surface area contributed by atoms with Crippen molar-refractivity contribution in [2.24, 2.45) is 17.8 Å². The Bertz CT molecular complexity index is 165. The van der Waals surface area contributed by atoms with Crippen molar-refractivity contribution in [1.29, 1.82) is 0 Å². The average molecular weight is 211 g/mol. The van der Waals surface area contributed by atoms with Crippen LogP contribution in [0.15, 0.2) is 0 Å². The lowest BCUT2D eigenvalue weighted by molar-refractivity contribution is 0.337. The summed E-state index contributed by atoms with van der Waals surface area (Å²) in [5.41, 5.74) is 0. The predicted octanol–water partition coefficient (Wildman–Crippen LogP) is 3.84. The van der Waals surface area contributed by atoms with E-state index in [2.05, 4.69) is 33.0 Å². The number of nitrogens with one attached hydrogen (secondary N) is 1. The molecule has 15 heavy (non-hydrogen) atoms. The molecule has 0 spiro atoms. The molecule has 1 saturated carbocycles. The summed E-state index contributed by atoms with van der Waals surface area (Å²) in [5, 5.41) is 3.72. The fourth-order valence-electron chi connectivity index (χ4n) is 2.80. The van der Waals surface area contributed by atoms with E-state index in [9.17, 15) is 0 Å². The first kappa shape index (κ1) is 13.0. The van der Waals surface area contributed by atoms with Crippen LogP contribution in [-0.4, -0.2) is 12.6 Å². The van der Waals surface area contributed by atoms with Crippen molar-refractivity contribution < 1.29 is 0 Å². The van der Waals surface area contributed by atoms with E-state index < -0.39 is 0 Å². The summed E-state index contributed by atoms with van der Waals surface area (Å²) in [4.78, 5) is 0. The van der Waals surface area contributed by atoms with Crippen LogP contribution in [0.2, 0.25) is 0 Å². The summed E-state index contributed by atoms with van der Waals surface area (Å²) in [5.74, 6) is 2.73. The number of hydrogen-bond donors (Lipinski definition) is 1. The molecule has 3 atom stereocenters.